The molecule has 36 valence electrons. The Hall–Kier alpha value is 0.532. The van der Waals surface area contributed by atoms with Gasteiger partial charge in [0.25, 0.3) is 0 Å². The van der Waals surface area contributed by atoms with Crippen LogP contribution < -0.4 is 0 Å². The van der Waals surface area contributed by atoms with Gasteiger partial charge >= 0.3 is 53.2 Å². The normalized spacial score (nSPS) is 25.4. The maximum atomic E-state index is 2.91. The molecule has 0 nitrogen and oxygen atoms in total. The molecule has 0 amide bonds. The van der Waals surface area contributed by atoms with E-state index in [0.29, 0.717) is 0 Å². The van der Waals surface area contributed by atoms with Gasteiger partial charge in [-0.1, -0.05) is 0 Å². The Kier molecular flexibility index (Phi) is 2.22. The van der Waals surface area contributed by atoms with E-state index in [4.69, 9.17) is 0 Å². The van der Waals surface area contributed by atoms with Gasteiger partial charge in [-0.2, -0.15) is 0 Å². The molecule has 0 unspecified atom stereocenters. The number of hydrogen-bond acceptors (Lipinski definition) is 0. The Morgan fingerprint density at radius 3 is 1.86 bits per heavy atom. The summed E-state index contributed by atoms with van der Waals surface area (Å²) in [7, 11) is 0. The van der Waals surface area contributed by atoms with Crippen LogP contribution in [0.3, 0.4) is 0 Å². The van der Waals surface area contributed by atoms with Gasteiger partial charge in [0, 0.05) is 0 Å². The topological polar surface area (TPSA) is 0 Å². The second-order valence-corrected chi connectivity index (χ2v) is 3.34. The van der Waals surface area contributed by atoms with Crippen molar-refractivity contribution in [1.29, 1.82) is 0 Å². The van der Waals surface area contributed by atoms with Crippen molar-refractivity contribution in [2.24, 2.45) is 0 Å². The van der Waals surface area contributed by atoms with Crippen LogP contribution in [-0.2, 0) is 0 Å². The van der Waals surface area contributed by atoms with Crippen molar-refractivity contribution >= 4 is 16.3 Å². The first-order chi connectivity index (χ1) is 3.39. The number of hydrogen-bond donors (Lipinski definition) is 0. The monoisotopic (exact) mass is 110 g/mol. The Morgan fingerprint density at radius 1 is 1.00 bits per heavy atom. The van der Waals surface area contributed by atoms with Crippen molar-refractivity contribution in [3.05, 3.63) is 0 Å². The summed E-state index contributed by atoms with van der Waals surface area (Å²) in [4.78, 5) is 0. The minimum atomic E-state index is 0.953. The van der Waals surface area contributed by atoms with Crippen molar-refractivity contribution in [2.45, 2.75) is 36.9 Å². The standard InChI is InChI=1S/C6H11.Al/c1-2-4-6-5-3-1;/h1H,2-6H2;/q;+2. The minimum absolute atomic E-state index is 0.953. The molecule has 0 spiro atoms. The molecule has 0 bridgehead atoms. The van der Waals surface area contributed by atoms with E-state index in [0.717, 1.165) is 4.78 Å². The van der Waals surface area contributed by atoms with Gasteiger partial charge in [-0.3, -0.25) is 0 Å². The molecule has 0 radical (unpaired) electrons. The van der Waals surface area contributed by atoms with Crippen molar-refractivity contribution in [2.75, 3.05) is 0 Å². The molecule has 1 aliphatic rings. The zero-order chi connectivity index (χ0) is 5.11. The van der Waals surface area contributed by atoms with E-state index in [9.17, 15) is 0 Å². The first-order valence-electron chi connectivity index (χ1n) is 3.15. The molecular weight excluding hydrogens is 99.0 g/mol. The predicted molar refractivity (Wildman–Crippen MR) is 32.6 cm³/mol. The average molecular weight is 110 g/mol. The summed E-state index contributed by atoms with van der Waals surface area (Å²) in [5, 5.41) is 0. The summed E-state index contributed by atoms with van der Waals surface area (Å²) in [5.41, 5.74) is 0. The van der Waals surface area contributed by atoms with E-state index in [2.05, 4.69) is 16.3 Å². The molecule has 0 atom stereocenters. The second-order valence-electron chi connectivity index (χ2n) is 2.40. The molecule has 0 aromatic heterocycles. The van der Waals surface area contributed by atoms with Gasteiger partial charge in [0.2, 0.25) is 0 Å². The molecule has 0 aromatic carbocycles. The molecule has 1 fully saturated rings. The molecule has 0 N–H and O–H groups in total. The third kappa shape index (κ3) is 1.84. The van der Waals surface area contributed by atoms with Gasteiger partial charge in [0.15, 0.2) is 0 Å². The second kappa shape index (κ2) is 2.75. The van der Waals surface area contributed by atoms with Crippen LogP contribution >= 0.6 is 0 Å². The van der Waals surface area contributed by atoms with Crippen LogP contribution in [0.2, 0.25) is 4.78 Å². The average Bonchev–Trinajstić information content (AvgIpc) is 1.69. The van der Waals surface area contributed by atoms with Crippen LogP contribution in [-0.4, -0.2) is 16.3 Å². The Balaban J connectivity index is 2.12. The summed E-state index contributed by atoms with van der Waals surface area (Å²) in [6, 6.07) is 0. The van der Waals surface area contributed by atoms with Gasteiger partial charge in [-0.25, -0.2) is 0 Å². The fourth-order valence-electron chi connectivity index (χ4n) is 1.13. The molecule has 0 aliphatic heterocycles. The molecule has 1 heteroatoms. The quantitative estimate of drug-likeness (QED) is 0.418. The zero-order valence-electron chi connectivity index (χ0n) is 4.69. The van der Waals surface area contributed by atoms with Gasteiger partial charge < -0.3 is 0 Å². The third-order valence-electron chi connectivity index (χ3n) is 1.65. The Labute approximate surface area is 53.7 Å². The van der Waals surface area contributed by atoms with Crippen LogP contribution in [0.15, 0.2) is 0 Å². The van der Waals surface area contributed by atoms with Crippen LogP contribution in [0.4, 0.5) is 0 Å². The van der Waals surface area contributed by atoms with E-state index < -0.39 is 0 Å². The van der Waals surface area contributed by atoms with E-state index in [1.165, 1.54) is 32.1 Å². The SMILES string of the molecule is [Al+2][CH]1CCCCC1. The van der Waals surface area contributed by atoms with Crippen molar-refractivity contribution in [3.8, 4) is 0 Å². The van der Waals surface area contributed by atoms with Gasteiger partial charge in [-0.05, 0) is 0 Å². The van der Waals surface area contributed by atoms with Crippen LogP contribution in [0.1, 0.15) is 32.1 Å². The molecule has 1 saturated carbocycles. The van der Waals surface area contributed by atoms with E-state index in [-0.39, 0.29) is 0 Å². The first kappa shape index (κ1) is 5.67. The van der Waals surface area contributed by atoms with Crippen molar-refractivity contribution in [1.82, 2.24) is 0 Å². The summed E-state index contributed by atoms with van der Waals surface area (Å²) in [5.74, 6) is 0. The zero-order valence-corrected chi connectivity index (χ0v) is 5.84. The number of rotatable bonds is 0. The molecule has 7 heavy (non-hydrogen) atoms. The Bertz CT molecular complexity index is 46.1. The van der Waals surface area contributed by atoms with Crippen LogP contribution in [0, 0.1) is 0 Å². The molecule has 0 aromatic rings. The fourth-order valence-corrected chi connectivity index (χ4v) is 1.61. The van der Waals surface area contributed by atoms with Crippen LogP contribution in [0.5, 0.6) is 0 Å². The van der Waals surface area contributed by atoms with Crippen molar-refractivity contribution < 1.29 is 0 Å². The van der Waals surface area contributed by atoms with E-state index in [1.807, 2.05) is 0 Å². The summed E-state index contributed by atoms with van der Waals surface area (Å²) in [6.45, 7) is 0. The van der Waals surface area contributed by atoms with E-state index in [1.54, 1.807) is 0 Å². The Morgan fingerprint density at radius 2 is 1.57 bits per heavy atom. The molecule has 0 heterocycles. The molecular formula is C6H11Al+2. The van der Waals surface area contributed by atoms with Crippen LogP contribution in [0.25, 0.3) is 0 Å². The van der Waals surface area contributed by atoms with Gasteiger partial charge in [0.1, 0.15) is 0 Å². The molecule has 1 aliphatic carbocycles. The summed E-state index contributed by atoms with van der Waals surface area (Å²) in [6.07, 6.45) is 7.31. The molecule has 1 rings (SSSR count). The third-order valence-corrected chi connectivity index (χ3v) is 2.32. The first-order valence-corrected chi connectivity index (χ1v) is 3.82. The van der Waals surface area contributed by atoms with E-state index >= 15 is 0 Å². The van der Waals surface area contributed by atoms with Crippen molar-refractivity contribution in [3.63, 3.8) is 0 Å². The fraction of sp³-hybridized carbons (Fsp3) is 1.00. The summed E-state index contributed by atoms with van der Waals surface area (Å²) >= 11 is 2.91. The summed E-state index contributed by atoms with van der Waals surface area (Å²) < 4.78 is 0.953. The molecule has 0 saturated heterocycles. The predicted octanol–water partition coefficient (Wildman–Crippen LogP) is 1.91. The van der Waals surface area contributed by atoms with Gasteiger partial charge in [0.05, 0.1) is 0 Å². The van der Waals surface area contributed by atoms with Gasteiger partial charge in [-0.15, -0.1) is 0 Å². The maximum absolute atomic E-state index is 2.91.